The fourth-order valence-electron chi connectivity index (χ4n) is 0.226. The van der Waals surface area contributed by atoms with Gasteiger partial charge in [-0.3, -0.25) is 0 Å². The van der Waals surface area contributed by atoms with Crippen LogP contribution in [0.1, 0.15) is 6.92 Å². The quantitative estimate of drug-likeness (QED) is 0.439. The van der Waals surface area contributed by atoms with E-state index < -0.39 is 18.1 Å². The van der Waals surface area contributed by atoms with E-state index in [2.05, 4.69) is 0 Å². The standard InChI is InChI=1S/C4H4F4/c1-3(5)2-4(6,7)8/h2H,1H3. The first-order chi connectivity index (χ1) is 3.42. The van der Waals surface area contributed by atoms with Crippen molar-refractivity contribution in [2.75, 3.05) is 0 Å². The number of rotatable bonds is 0. The maximum atomic E-state index is 11.3. The molecule has 0 saturated carbocycles. The van der Waals surface area contributed by atoms with Crippen LogP contribution < -0.4 is 0 Å². The van der Waals surface area contributed by atoms with E-state index in [0.29, 0.717) is 0 Å². The van der Waals surface area contributed by atoms with Gasteiger partial charge in [0.25, 0.3) is 0 Å². The summed E-state index contributed by atoms with van der Waals surface area (Å²) in [7, 11) is 0. The topological polar surface area (TPSA) is 0 Å². The smallest absolute Gasteiger partial charge is 0.212 e. The Bertz CT molecular complexity index is 95.1. The van der Waals surface area contributed by atoms with Crippen LogP contribution in [-0.4, -0.2) is 6.18 Å². The second-order valence-corrected chi connectivity index (χ2v) is 1.27. The summed E-state index contributed by atoms with van der Waals surface area (Å²) in [6, 6.07) is 0. The van der Waals surface area contributed by atoms with Crippen molar-refractivity contribution >= 4 is 0 Å². The molecule has 0 aliphatic rings. The molecule has 0 aliphatic heterocycles. The number of halogens is 4. The molecule has 0 heterocycles. The van der Waals surface area contributed by atoms with Crippen molar-refractivity contribution in [2.24, 2.45) is 0 Å². The molecule has 0 nitrogen and oxygen atoms in total. The molecular formula is C4H4F4. The largest absolute Gasteiger partial charge is 0.412 e. The molecule has 0 saturated heterocycles. The van der Waals surface area contributed by atoms with Crippen molar-refractivity contribution in [1.29, 1.82) is 0 Å². The average Bonchev–Trinajstić information content (AvgIpc) is 1.21. The molecule has 48 valence electrons. The Morgan fingerprint density at radius 3 is 1.75 bits per heavy atom. The molecule has 0 spiro atoms. The van der Waals surface area contributed by atoms with Gasteiger partial charge in [0, 0.05) is 0 Å². The first-order valence-corrected chi connectivity index (χ1v) is 1.83. The molecule has 0 rings (SSSR count). The summed E-state index contributed by atoms with van der Waals surface area (Å²) in [6.07, 6.45) is -4.91. The second kappa shape index (κ2) is 2.15. The molecule has 0 radical (unpaired) electrons. The van der Waals surface area contributed by atoms with Crippen molar-refractivity contribution in [1.82, 2.24) is 0 Å². The van der Waals surface area contributed by atoms with E-state index >= 15 is 0 Å². The Balaban J connectivity index is 3.89. The maximum Gasteiger partial charge on any atom is 0.412 e. The van der Waals surface area contributed by atoms with Crippen molar-refractivity contribution in [3.8, 4) is 0 Å². The highest BCUT2D eigenvalue weighted by molar-refractivity contribution is 4.92. The molecule has 0 amide bonds. The van der Waals surface area contributed by atoms with Crippen LogP contribution in [-0.2, 0) is 0 Å². The normalized spacial score (nSPS) is 14.4. The highest BCUT2D eigenvalue weighted by Crippen LogP contribution is 2.18. The minimum absolute atomic E-state index is 0.396. The molecule has 0 aromatic carbocycles. The SMILES string of the molecule is CC(F)=CC(F)(F)F. The molecule has 0 fully saturated rings. The van der Waals surface area contributed by atoms with Crippen molar-refractivity contribution in [3.63, 3.8) is 0 Å². The molecule has 0 bridgehead atoms. The third-order valence-electron chi connectivity index (χ3n) is 0.363. The van der Waals surface area contributed by atoms with Crippen molar-refractivity contribution in [3.05, 3.63) is 11.9 Å². The van der Waals surface area contributed by atoms with E-state index in [1.165, 1.54) is 0 Å². The van der Waals surface area contributed by atoms with Crippen LogP contribution >= 0.6 is 0 Å². The van der Waals surface area contributed by atoms with Gasteiger partial charge in [0.2, 0.25) is 0 Å². The molecular weight excluding hydrogens is 124 g/mol. The maximum absolute atomic E-state index is 11.3. The molecule has 8 heavy (non-hydrogen) atoms. The van der Waals surface area contributed by atoms with Crippen LogP contribution in [0.4, 0.5) is 17.6 Å². The molecule has 0 aliphatic carbocycles. The van der Waals surface area contributed by atoms with E-state index in [0.717, 1.165) is 6.92 Å². The predicted molar refractivity (Wildman–Crippen MR) is 20.9 cm³/mol. The van der Waals surface area contributed by atoms with Crippen LogP contribution in [0.3, 0.4) is 0 Å². The molecule has 0 aromatic rings. The highest BCUT2D eigenvalue weighted by Gasteiger charge is 2.23. The number of hydrogen-bond acceptors (Lipinski definition) is 0. The summed E-state index contributed by atoms with van der Waals surface area (Å²) >= 11 is 0. The summed E-state index contributed by atoms with van der Waals surface area (Å²) < 4.78 is 44.3. The van der Waals surface area contributed by atoms with Crippen molar-refractivity contribution in [2.45, 2.75) is 13.1 Å². The Labute approximate surface area is 43.8 Å². The van der Waals surface area contributed by atoms with Gasteiger partial charge < -0.3 is 0 Å². The monoisotopic (exact) mass is 128 g/mol. The fraction of sp³-hybridized carbons (Fsp3) is 0.500. The summed E-state index contributed by atoms with van der Waals surface area (Å²) in [5, 5.41) is 0. The van der Waals surface area contributed by atoms with Gasteiger partial charge in [-0.1, -0.05) is 0 Å². The molecule has 0 atom stereocenters. The first kappa shape index (κ1) is 7.46. The van der Waals surface area contributed by atoms with Gasteiger partial charge in [-0.15, -0.1) is 0 Å². The van der Waals surface area contributed by atoms with Gasteiger partial charge in [0.05, 0.1) is 6.08 Å². The Kier molecular flexibility index (Phi) is 2.01. The Morgan fingerprint density at radius 2 is 1.75 bits per heavy atom. The molecule has 0 unspecified atom stereocenters. The summed E-state index contributed by atoms with van der Waals surface area (Å²) in [6.45, 7) is 0.744. The first-order valence-electron chi connectivity index (χ1n) is 1.83. The van der Waals surface area contributed by atoms with Crippen LogP contribution in [0.15, 0.2) is 11.9 Å². The zero-order chi connectivity index (χ0) is 6.78. The van der Waals surface area contributed by atoms with Crippen LogP contribution in [0.5, 0.6) is 0 Å². The summed E-state index contributed by atoms with van der Waals surface area (Å²) in [4.78, 5) is 0. The van der Waals surface area contributed by atoms with E-state index in [4.69, 9.17) is 0 Å². The fourth-order valence-corrected chi connectivity index (χ4v) is 0.226. The molecule has 4 heteroatoms. The van der Waals surface area contributed by atoms with Gasteiger partial charge in [-0.05, 0) is 6.92 Å². The average molecular weight is 128 g/mol. The van der Waals surface area contributed by atoms with Crippen molar-refractivity contribution < 1.29 is 17.6 Å². The van der Waals surface area contributed by atoms with E-state index in [1.807, 2.05) is 0 Å². The lowest BCUT2D eigenvalue weighted by Gasteiger charge is -1.95. The van der Waals surface area contributed by atoms with E-state index in [1.54, 1.807) is 0 Å². The lowest BCUT2D eigenvalue weighted by Crippen LogP contribution is -2.00. The molecule has 0 N–H and O–H groups in total. The third kappa shape index (κ3) is 5.46. The second-order valence-electron chi connectivity index (χ2n) is 1.27. The van der Waals surface area contributed by atoms with Crippen LogP contribution in [0, 0.1) is 0 Å². The van der Waals surface area contributed by atoms with Gasteiger partial charge in [-0.2, -0.15) is 13.2 Å². The van der Waals surface area contributed by atoms with Gasteiger partial charge in [0.1, 0.15) is 5.83 Å². The lowest BCUT2D eigenvalue weighted by atomic mass is 10.5. The van der Waals surface area contributed by atoms with Gasteiger partial charge >= 0.3 is 6.18 Å². The lowest BCUT2D eigenvalue weighted by molar-refractivity contribution is -0.0813. The Hall–Kier alpha value is -0.540. The Morgan fingerprint density at radius 1 is 1.38 bits per heavy atom. The number of alkyl halides is 3. The van der Waals surface area contributed by atoms with Gasteiger partial charge in [0.15, 0.2) is 0 Å². The van der Waals surface area contributed by atoms with E-state index in [-0.39, 0.29) is 0 Å². The minimum Gasteiger partial charge on any atom is -0.212 e. The number of allylic oxidation sites excluding steroid dienone is 2. The zero-order valence-electron chi connectivity index (χ0n) is 4.09. The minimum atomic E-state index is -4.52. The summed E-state index contributed by atoms with van der Waals surface area (Å²) in [5.41, 5.74) is 0. The van der Waals surface area contributed by atoms with Crippen LogP contribution in [0.2, 0.25) is 0 Å². The van der Waals surface area contributed by atoms with Gasteiger partial charge in [-0.25, -0.2) is 4.39 Å². The predicted octanol–water partition coefficient (Wildman–Crippen LogP) is 2.42. The molecule has 0 aromatic heterocycles. The third-order valence-corrected chi connectivity index (χ3v) is 0.363. The zero-order valence-corrected chi connectivity index (χ0v) is 4.09. The van der Waals surface area contributed by atoms with E-state index in [9.17, 15) is 17.6 Å². The highest BCUT2D eigenvalue weighted by atomic mass is 19.4. The summed E-state index contributed by atoms with van der Waals surface area (Å²) in [5.74, 6) is -1.22. The van der Waals surface area contributed by atoms with Crippen LogP contribution in [0.25, 0.3) is 0 Å². The number of hydrogen-bond donors (Lipinski definition) is 0.